The molecular formula is C25H23F3N8O2. The molecule has 2 aromatic carbocycles. The van der Waals surface area contributed by atoms with Crippen molar-refractivity contribution in [2.75, 3.05) is 23.4 Å². The average molecular weight is 525 g/mol. The summed E-state index contributed by atoms with van der Waals surface area (Å²) in [6, 6.07) is 12.3. The number of nitrogens with two attached hydrogens (primary N) is 1. The van der Waals surface area contributed by atoms with Crippen molar-refractivity contribution in [3.8, 4) is 5.82 Å². The SMILES string of the molecule is CNC(=O)c1cc(Nc2cc(NC(=O)c3cccc(C(F)(F)F)c3)ccc2C)n(-c2cc(C)nc(N)n2)n1. The molecule has 4 rings (SSSR count). The zero-order chi connectivity index (χ0) is 27.6. The van der Waals surface area contributed by atoms with Gasteiger partial charge in [-0.25, -0.2) is 4.98 Å². The van der Waals surface area contributed by atoms with Crippen molar-refractivity contribution in [2.45, 2.75) is 20.0 Å². The summed E-state index contributed by atoms with van der Waals surface area (Å²) in [4.78, 5) is 33.2. The molecule has 2 amide bonds. The van der Waals surface area contributed by atoms with E-state index in [-0.39, 0.29) is 17.2 Å². The van der Waals surface area contributed by atoms with E-state index in [0.717, 1.165) is 17.7 Å². The van der Waals surface area contributed by atoms with Crippen LogP contribution in [0.4, 0.5) is 36.3 Å². The number of carbonyl (C=O) groups excluding carboxylic acids is 2. The molecule has 2 aromatic heterocycles. The molecule has 0 aliphatic rings. The quantitative estimate of drug-likeness (QED) is 0.296. The van der Waals surface area contributed by atoms with Gasteiger partial charge in [-0.15, -0.1) is 0 Å². The van der Waals surface area contributed by atoms with Crippen LogP contribution in [0.2, 0.25) is 0 Å². The molecule has 0 aliphatic heterocycles. The Morgan fingerprint density at radius 2 is 1.74 bits per heavy atom. The lowest BCUT2D eigenvalue weighted by atomic mass is 10.1. The van der Waals surface area contributed by atoms with Crippen LogP contribution in [-0.4, -0.2) is 38.6 Å². The smallest absolute Gasteiger partial charge is 0.368 e. The van der Waals surface area contributed by atoms with E-state index in [0.29, 0.717) is 28.7 Å². The molecule has 0 fully saturated rings. The van der Waals surface area contributed by atoms with Crippen molar-refractivity contribution >= 4 is 35.0 Å². The van der Waals surface area contributed by atoms with Gasteiger partial charge in [-0.2, -0.15) is 27.9 Å². The van der Waals surface area contributed by atoms with Gasteiger partial charge in [0.05, 0.1) is 5.56 Å². The maximum absolute atomic E-state index is 13.0. The van der Waals surface area contributed by atoms with E-state index in [4.69, 9.17) is 5.73 Å². The first-order chi connectivity index (χ1) is 17.9. The van der Waals surface area contributed by atoms with Crippen LogP contribution >= 0.6 is 0 Å². The predicted molar refractivity (Wildman–Crippen MR) is 136 cm³/mol. The van der Waals surface area contributed by atoms with Gasteiger partial charge in [0, 0.05) is 41.8 Å². The lowest BCUT2D eigenvalue weighted by Crippen LogP contribution is -2.18. The minimum Gasteiger partial charge on any atom is -0.368 e. The number of alkyl halides is 3. The van der Waals surface area contributed by atoms with Crippen LogP contribution in [0.15, 0.2) is 54.6 Å². The summed E-state index contributed by atoms with van der Waals surface area (Å²) in [5.41, 5.74) is 7.08. The second kappa shape index (κ2) is 10.2. The molecule has 0 saturated carbocycles. The Balaban J connectivity index is 1.66. The molecule has 2 heterocycles. The van der Waals surface area contributed by atoms with Gasteiger partial charge in [0.15, 0.2) is 11.5 Å². The molecule has 0 unspecified atom stereocenters. The highest BCUT2D eigenvalue weighted by molar-refractivity contribution is 6.04. The Morgan fingerprint density at radius 1 is 0.974 bits per heavy atom. The number of anilines is 4. The van der Waals surface area contributed by atoms with E-state index >= 15 is 0 Å². The summed E-state index contributed by atoms with van der Waals surface area (Å²) in [6.07, 6.45) is -4.57. The Morgan fingerprint density at radius 3 is 2.42 bits per heavy atom. The summed E-state index contributed by atoms with van der Waals surface area (Å²) < 4.78 is 40.5. The van der Waals surface area contributed by atoms with Crippen LogP contribution in [0.25, 0.3) is 5.82 Å². The Hall–Kier alpha value is -4.94. The van der Waals surface area contributed by atoms with Crippen molar-refractivity contribution in [3.05, 3.63) is 82.7 Å². The zero-order valence-corrected chi connectivity index (χ0v) is 20.5. The van der Waals surface area contributed by atoms with Crippen molar-refractivity contribution in [2.24, 2.45) is 0 Å². The fourth-order valence-corrected chi connectivity index (χ4v) is 3.58. The first-order valence-corrected chi connectivity index (χ1v) is 11.2. The van der Waals surface area contributed by atoms with Crippen molar-refractivity contribution in [3.63, 3.8) is 0 Å². The summed E-state index contributed by atoms with van der Waals surface area (Å²) in [5, 5.41) is 12.6. The van der Waals surface area contributed by atoms with Crippen molar-refractivity contribution in [1.82, 2.24) is 25.1 Å². The molecule has 0 spiro atoms. The van der Waals surface area contributed by atoms with Crippen LogP contribution < -0.4 is 21.7 Å². The second-order valence-electron chi connectivity index (χ2n) is 8.32. The number of halogens is 3. The lowest BCUT2D eigenvalue weighted by Gasteiger charge is -2.14. The van der Waals surface area contributed by atoms with Gasteiger partial charge in [-0.3, -0.25) is 9.59 Å². The topological polar surface area (TPSA) is 140 Å². The predicted octanol–water partition coefficient (Wildman–Crippen LogP) is 4.24. The molecule has 196 valence electrons. The summed E-state index contributed by atoms with van der Waals surface area (Å²) in [5.74, 6) is -0.419. The Kier molecular flexibility index (Phi) is 7.02. The van der Waals surface area contributed by atoms with Crippen LogP contribution in [0.3, 0.4) is 0 Å². The van der Waals surface area contributed by atoms with Crippen molar-refractivity contribution < 1.29 is 22.8 Å². The largest absolute Gasteiger partial charge is 0.416 e. The molecule has 0 saturated heterocycles. The third-order valence-electron chi connectivity index (χ3n) is 5.45. The highest BCUT2D eigenvalue weighted by Gasteiger charge is 2.31. The standard InChI is InChI=1S/C25H23F3N8O2/c1-13-7-8-17(32-22(37)15-5-4-6-16(10-15)25(26,27)28)11-18(13)33-21-12-19(23(38)30-3)35-36(21)20-9-14(2)31-24(29)34-20/h4-12,33H,1-3H3,(H,30,38)(H,32,37)(H2,29,31,34). The fraction of sp³-hybridized carbons (Fsp3) is 0.160. The van der Waals surface area contributed by atoms with Gasteiger partial charge in [0.2, 0.25) is 5.95 Å². The van der Waals surface area contributed by atoms with Gasteiger partial charge in [0.1, 0.15) is 5.82 Å². The first-order valence-electron chi connectivity index (χ1n) is 11.2. The van der Waals surface area contributed by atoms with Crippen LogP contribution in [0.1, 0.15) is 37.7 Å². The Labute approximate surface area is 215 Å². The molecule has 0 aliphatic carbocycles. The van der Waals surface area contributed by atoms with Crippen molar-refractivity contribution in [1.29, 1.82) is 0 Å². The number of hydrogen-bond acceptors (Lipinski definition) is 7. The summed E-state index contributed by atoms with van der Waals surface area (Å²) in [6.45, 7) is 3.55. The number of benzene rings is 2. The number of rotatable bonds is 6. The number of aromatic nitrogens is 4. The molecule has 4 aromatic rings. The maximum atomic E-state index is 13.0. The third kappa shape index (κ3) is 5.72. The number of nitrogens with one attached hydrogen (secondary N) is 3. The van der Waals surface area contributed by atoms with E-state index in [9.17, 15) is 22.8 Å². The van der Waals surface area contributed by atoms with E-state index in [1.54, 1.807) is 31.2 Å². The Bertz CT molecular complexity index is 1510. The van der Waals surface area contributed by atoms with Crippen LogP contribution in [0, 0.1) is 13.8 Å². The minimum atomic E-state index is -4.57. The zero-order valence-electron chi connectivity index (χ0n) is 20.5. The molecule has 10 nitrogen and oxygen atoms in total. The number of nitrogens with zero attached hydrogens (tertiary/aromatic N) is 4. The van der Waals surface area contributed by atoms with E-state index in [1.807, 2.05) is 6.92 Å². The monoisotopic (exact) mass is 524 g/mol. The number of hydrogen-bond donors (Lipinski definition) is 4. The van der Waals surface area contributed by atoms with Gasteiger partial charge >= 0.3 is 6.18 Å². The minimum absolute atomic E-state index is 0.0263. The van der Waals surface area contributed by atoms with Crippen LogP contribution in [-0.2, 0) is 6.18 Å². The molecule has 5 N–H and O–H groups in total. The average Bonchev–Trinajstić information content (AvgIpc) is 3.28. The number of nitrogen functional groups attached to an aromatic ring is 1. The highest BCUT2D eigenvalue weighted by atomic mass is 19.4. The lowest BCUT2D eigenvalue weighted by molar-refractivity contribution is -0.137. The van der Waals surface area contributed by atoms with E-state index in [1.165, 1.54) is 29.9 Å². The fourth-order valence-electron chi connectivity index (χ4n) is 3.58. The van der Waals surface area contributed by atoms with Gasteiger partial charge in [-0.05, 0) is 49.7 Å². The second-order valence-corrected chi connectivity index (χ2v) is 8.32. The number of carbonyl (C=O) groups is 2. The summed E-state index contributed by atoms with van der Waals surface area (Å²) in [7, 11) is 1.47. The molecular weight excluding hydrogens is 501 g/mol. The molecule has 13 heteroatoms. The third-order valence-corrected chi connectivity index (χ3v) is 5.45. The number of aryl methyl sites for hydroxylation is 2. The highest BCUT2D eigenvalue weighted by Crippen LogP contribution is 2.30. The maximum Gasteiger partial charge on any atom is 0.416 e. The normalized spacial score (nSPS) is 11.2. The van der Waals surface area contributed by atoms with E-state index < -0.39 is 23.6 Å². The van der Waals surface area contributed by atoms with Gasteiger partial charge in [-0.1, -0.05) is 12.1 Å². The summed E-state index contributed by atoms with van der Waals surface area (Å²) >= 11 is 0. The first kappa shape index (κ1) is 26.1. The molecule has 0 atom stereocenters. The van der Waals surface area contributed by atoms with Gasteiger partial charge in [0.25, 0.3) is 11.8 Å². The molecule has 0 radical (unpaired) electrons. The number of amides is 2. The molecule has 0 bridgehead atoms. The van der Waals surface area contributed by atoms with E-state index in [2.05, 4.69) is 31.0 Å². The van der Waals surface area contributed by atoms with Crippen LogP contribution in [0.5, 0.6) is 0 Å². The molecule has 38 heavy (non-hydrogen) atoms. The van der Waals surface area contributed by atoms with Gasteiger partial charge < -0.3 is 21.7 Å².